The van der Waals surface area contributed by atoms with Crippen LogP contribution < -0.4 is 10.6 Å². The Morgan fingerprint density at radius 3 is 1.93 bits per heavy atom. The molecule has 14 nitrogen and oxygen atoms in total. The second kappa shape index (κ2) is 23.6. The Kier molecular flexibility index (Phi) is 17.0. The lowest BCUT2D eigenvalue weighted by Gasteiger charge is -2.37. The normalized spacial score (nSPS) is 21.4. The van der Waals surface area contributed by atoms with Gasteiger partial charge in [-0.3, -0.25) is 33.8 Å². The Morgan fingerprint density at radius 1 is 0.642 bits per heavy atom. The molecule has 2 saturated heterocycles. The standard InChI is InChI=1S/C52H60N8O6S/c1-57-45(32-41-35-67-36-54-41)48(62)56-43(30-40-23-13-27-53-33-40)50(64)60-29-15-26-44(60)52(66)59(28-14-24-38-18-8-4-9-19-38)34-47(61)55-42(25-12-22-37-16-6-3-7-17-37)49(63)58(2)46(51(57)65)31-39-20-10-5-11-21-39/h3-11,13,16-21,23,27,33,35-36,42-46H,12,14-15,22,24-26,28-32,34H2,1-2H3,(H,55,61)(H,56,62)/t42-,43-,44+,45-,46+/m0/s1. The number of thiazole rings is 1. The van der Waals surface area contributed by atoms with Gasteiger partial charge in [-0.05, 0) is 73.3 Å². The molecule has 2 aromatic heterocycles. The molecule has 0 saturated carbocycles. The zero-order chi connectivity index (χ0) is 47.1. The molecule has 15 heteroatoms. The molecule has 2 N–H and O–H groups in total. The number of rotatable bonds is 14. The highest BCUT2D eigenvalue weighted by Gasteiger charge is 2.43. The Balaban J connectivity index is 1.28. The van der Waals surface area contributed by atoms with Crippen molar-refractivity contribution in [1.82, 2.24) is 40.2 Å². The minimum Gasteiger partial charge on any atom is -0.343 e. The maximum Gasteiger partial charge on any atom is 0.246 e. The summed E-state index contributed by atoms with van der Waals surface area (Å²) in [5.74, 6) is -2.91. The first-order valence-electron chi connectivity index (χ1n) is 23.2. The molecule has 0 radical (unpaired) electrons. The molecule has 3 aromatic carbocycles. The van der Waals surface area contributed by atoms with Crippen molar-refractivity contribution < 1.29 is 28.8 Å². The van der Waals surface area contributed by atoms with Crippen LogP contribution in [0.2, 0.25) is 0 Å². The molecule has 4 heterocycles. The Hall–Kier alpha value is -6.74. The first-order chi connectivity index (χ1) is 32.5. The molecule has 5 aromatic rings. The van der Waals surface area contributed by atoms with Gasteiger partial charge >= 0.3 is 0 Å². The van der Waals surface area contributed by atoms with Gasteiger partial charge in [-0.15, -0.1) is 11.3 Å². The average molecular weight is 925 g/mol. The fourth-order valence-corrected chi connectivity index (χ4v) is 9.66. The summed E-state index contributed by atoms with van der Waals surface area (Å²) in [6, 6.07) is 27.3. The van der Waals surface area contributed by atoms with Crippen molar-refractivity contribution in [3.8, 4) is 0 Å². The molecule has 67 heavy (non-hydrogen) atoms. The molecule has 0 aliphatic carbocycles. The lowest BCUT2D eigenvalue weighted by Crippen LogP contribution is -2.61. The first-order valence-corrected chi connectivity index (χ1v) is 24.1. The van der Waals surface area contributed by atoms with Gasteiger partial charge in [-0.25, -0.2) is 4.98 Å². The van der Waals surface area contributed by atoms with Crippen LogP contribution in [0, 0.1) is 0 Å². The average Bonchev–Trinajstić information content (AvgIpc) is 4.07. The number of aromatic nitrogens is 2. The van der Waals surface area contributed by atoms with E-state index in [1.807, 2.05) is 97.1 Å². The van der Waals surface area contributed by atoms with Crippen molar-refractivity contribution in [2.45, 2.75) is 94.4 Å². The molecule has 5 atom stereocenters. The van der Waals surface area contributed by atoms with Crippen LogP contribution in [0.4, 0.5) is 0 Å². The molecule has 2 aliphatic heterocycles. The van der Waals surface area contributed by atoms with Crippen molar-refractivity contribution in [2.24, 2.45) is 0 Å². The highest BCUT2D eigenvalue weighted by molar-refractivity contribution is 7.07. The number of amides is 6. The van der Waals surface area contributed by atoms with E-state index in [0.29, 0.717) is 49.8 Å². The zero-order valence-electron chi connectivity index (χ0n) is 38.2. The number of hydrogen-bond acceptors (Lipinski definition) is 9. The van der Waals surface area contributed by atoms with Crippen LogP contribution in [0.25, 0.3) is 0 Å². The van der Waals surface area contributed by atoms with Gasteiger partial charge in [0.15, 0.2) is 0 Å². The quantitative estimate of drug-likeness (QED) is 0.162. The van der Waals surface area contributed by atoms with E-state index in [-0.39, 0.29) is 51.2 Å². The van der Waals surface area contributed by atoms with Gasteiger partial charge in [0, 0.05) is 64.2 Å². The Bertz CT molecular complexity index is 2410. The lowest BCUT2D eigenvalue weighted by molar-refractivity contribution is -0.150. The summed E-state index contributed by atoms with van der Waals surface area (Å²) in [6.07, 6.45) is 7.01. The second-order valence-corrected chi connectivity index (χ2v) is 18.2. The molecule has 6 amide bonds. The van der Waals surface area contributed by atoms with Crippen molar-refractivity contribution >= 4 is 46.8 Å². The summed E-state index contributed by atoms with van der Waals surface area (Å²) in [5, 5.41) is 7.82. The number of carbonyl (C=O) groups excluding carboxylic acids is 6. The molecule has 7 rings (SSSR count). The predicted octanol–water partition coefficient (Wildman–Crippen LogP) is 4.68. The Labute approximate surface area is 396 Å². The van der Waals surface area contributed by atoms with Gasteiger partial charge in [0.05, 0.1) is 17.7 Å². The summed E-state index contributed by atoms with van der Waals surface area (Å²) < 4.78 is 0. The second-order valence-electron chi connectivity index (χ2n) is 17.5. The minimum absolute atomic E-state index is 0.0298. The highest BCUT2D eigenvalue weighted by atomic mass is 32.1. The molecule has 2 fully saturated rings. The van der Waals surface area contributed by atoms with E-state index in [0.717, 1.165) is 16.7 Å². The third-order valence-electron chi connectivity index (χ3n) is 12.8. The van der Waals surface area contributed by atoms with Gasteiger partial charge in [0.1, 0.15) is 30.2 Å². The molecular formula is C52H60N8O6S. The number of aryl methyl sites for hydroxylation is 2. The first kappa shape index (κ1) is 48.2. The zero-order valence-corrected chi connectivity index (χ0v) is 39.1. The number of pyridine rings is 1. The van der Waals surface area contributed by atoms with Crippen LogP contribution in [-0.2, 0) is 60.9 Å². The summed E-state index contributed by atoms with van der Waals surface area (Å²) >= 11 is 1.36. The summed E-state index contributed by atoms with van der Waals surface area (Å²) in [7, 11) is 3.09. The van der Waals surface area contributed by atoms with Crippen LogP contribution in [0.5, 0.6) is 0 Å². The van der Waals surface area contributed by atoms with E-state index in [9.17, 15) is 24.0 Å². The van der Waals surface area contributed by atoms with Gasteiger partial charge in [0.2, 0.25) is 35.4 Å². The van der Waals surface area contributed by atoms with Crippen molar-refractivity contribution in [1.29, 1.82) is 0 Å². The molecule has 2 aliphatic rings. The van der Waals surface area contributed by atoms with Crippen LogP contribution in [0.3, 0.4) is 0 Å². The van der Waals surface area contributed by atoms with Crippen LogP contribution in [-0.4, -0.2) is 129 Å². The van der Waals surface area contributed by atoms with Gasteiger partial charge in [-0.1, -0.05) is 97.1 Å². The smallest absolute Gasteiger partial charge is 0.246 e. The van der Waals surface area contributed by atoms with Crippen molar-refractivity contribution in [3.63, 3.8) is 0 Å². The monoisotopic (exact) mass is 924 g/mol. The van der Waals surface area contributed by atoms with E-state index in [2.05, 4.69) is 20.6 Å². The Morgan fingerprint density at radius 2 is 1.28 bits per heavy atom. The summed E-state index contributed by atoms with van der Waals surface area (Å²) in [5.41, 5.74) is 5.85. The number of nitrogens with one attached hydrogen (secondary N) is 2. The number of benzene rings is 3. The maximum absolute atomic E-state index is 15.1. The highest BCUT2D eigenvalue weighted by Crippen LogP contribution is 2.24. The third kappa shape index (κ3) is 13.0. The number of fused-ring (bicyclic) bond motifs is 1. The van der Waals surface area contributed by atoms with Crippen LogP contribution >= 0.6 is 11.3 Å². The number of nitrogens with zero attached hydrogens (tertiary/aromatic N) is 6. The van der Waals surface area contributed by atoms with Crippen LogP contribution in [0.15, 0.2) is 126 Å². The van der Waals surface area contributed by atoms with E-state index in [4.69, 9.17) is 0 Å². The maximum atomic E-state index is 15.1. The predicted molar refractivity (Wildman–Crippen MR) is 256 cm³/mol. The molecular weight excluding hydrogens is 865 g/mol. The van der Waals surface area contributed by atoms with E-state index in [1.165, 1.54) is 38.0 Å². The van der Waals surface area contributed by atoms with E-state index >= 15 is 4.79 Å². The summed E-state index contributed by atoms with van der Waals surface area (Å²) in [6.45, 7) is 0.146. The molecule has 0 bridgehead atoms. The number of hydrogen-bond donors (Lipinski definition) is 2. The third-order valence-corrected chi connectivity index (χ3v) is 13.4. The van der Waals surface area contributed by atoms with Crippen molar-refractivity contribution in [3.05, 3.63) is 154 Å². The van der Waals surface area contributed by atoms with Crippen LogP contribution in [0.1, 0.15) is 60.1 Å². The fourth-order valence-electron chi connectivity index (χ4n) is 9.09. The molecule has 0 unspecified atom stereocenters. The molecule has 0 spiro atoms. The SMILES string of the molecule is CN1C(=O)[C@H](CCCc2ccccc2)NC(=O)CN(CCCc2ccccc2)C(=O)[C@H]2CCCN2C(=O)[C@H](Cc2cccnc2)NC(=O)[C@H](Cc2cscn2)N(C)C(=O)[C@H]1Cc1ccccc1. The van der Waals surface area contributed by atoms with E-state index in [1.54, 1.807) is 36.4 Å². The van der Waals surface area contributed by atoms with Crippen molar-refractivity contribution in [2.75, 3.05) is 33.7 Å². The minimum atomic E-state index is -1.16. The van der Waals surface area contributed by atoms with Gasteiger partial charge in [-0.2, -0.15) is 0 Å². The topological polar surface area (TPSA) is 165 Å². The van der Waals surface area contributed by atoms with Gasteiger partial charge in [0.25, 0.3) is 0 Å². The summed E-state index contributed by atoms with van der Waals surface area (Å²) in [4.78, 5) is 104. The lowest BCUT2D eigenvalue weighted by atomic mass is 9.99. The molecule has 350 valence electrons. The van der Waals surface area contributed by atoms with Gasteiger partial charge < -0.3 is 30.2 Å². The number of likely N-dealkylation sites (N-methyl/N-ethyl adjacent to an activating group) is 2. The largest absolute Gasteiger partial charge is 0.343 e. The van der Waals surface area contributed by atoms with E-state index < -0.39 is 59.7 Å². The number of carbonyl (C=O) groups is 6. The fraction of sp³-hybridized carbons (Fsp3) is 0.385.